The van der Waals surface area contributed by atoms with Crippen LogP contribution in [-0.2, 0) is 19.5 Å². The van der Waals surface area contributed by atoms with Crippen molar-refractivity contribution < 1.29 is 9.47 Å². The summed E-state index contributed by atoms with van der Waals surface area (Å²) in [5.41, 5.74) is 2.42. The highest BCUT2D eigenvalue weighted by Gasteiger charge is 2.17. The van der Waals surface area contributed by atoms with E-state index in [0.29, 0.717) is 12.7 Å². The van der Waals surface area contributed by atoms with Gasteiger partial charge in [-0.25, -0.2) is 4.98 Å². The molecule has 25 heavy (non-hydrogen) atoms. The van der Waals surface area contributed by atoms with E-state index in [2.05, 4.69) is 46.8 Å². The van der Waals surface area contributed by atoms with E-state index in [1.54, 1.807) is 0 Å². The van der Waals surface area contributed by atoms with Gasteiger partial charge in [0, 0.05) is 36.6 Å². The zero-order valence-corrected chi connectivity index (χ0v) is 14.6. The third kappa shape index (κ3) is 3.24. The first kappa shape index (κ1) is 15.7. The van der Waals surface area contributed by atoms with Crippen LogP contribution in [0.2, 0.25) is 0 Å². The van der Waals surface area contributed by atoms with Crippen LogP contribution in [0.1, 0.15) is 36.7 Å². The number of nitrogens with zero attached hydrogens (tertiary/aromatic N) is 4. The number of ether oxygens (including phenoxy) is 2. The number of benzene rings is 1. The molecule has 6 nitrogen and oxygen atoms in total. The summed E-state index contributed by atoms with van der Waals surface area (Å²) in [5, 5.41) is 4.35. The molecule has 0 radical (unpaired) electrons. The standard InChI is InChI=1S/C19H22N4O2/c1-3-23-12-16(10-21-23)11-22-7-6-20-19(22)14(2)8-15-4-5-17-18(9-15)25-13-24-17/h4-7,9-10,12,14H,3,8,11,13H2,1-2H3/t14-/m0/s1. The lowest BCUT2D eigenvalue weighted by Crippen LogP contribution is -2.09. The number of hydrogen-bond acceptors (Lipinski definition) is 4. The van der Waals surface area contributed by atoms with Gasteiger partial charge in [-0.05, 0) is 31.0 Å². The van der Waals surface area contributed by atoms with Gasteiger partial charge in [-0.3, -0.25) is 4.68 Å². The molecule has 4 rings (SSSR count). The van der Waals surface area contributed by atoms with Crippen molar-refractivity contribution in [2.45, 2.75) is 39.3 Å². The molecule has 0 unspecified atom stereocenters. The summed E-state index contributed by atoms with van der Waals surface area (Å²) < 4.78 is 15.0. The molecule has 1 atom stereocenters. The smallest absolute Gasteiger partial charge is 0.231 e. The first-order chi connectivity index (χ1) is 12.2. The Balaban J connectivity index is 1.49. The van der Waals surface area contributed by atoms with Crippen molar-refractivity contribution in [1.82, 2.24) is 19.3 Å². The van der Waals surface area contributed by atoms with Crippen LogP contribution in [0.5, 0.6) is 11.5 Å². The van der Waals surface area contributed by atoms with Gasteiger partial charge < -0.3 is 14.0 Å². The lowest BCUT2D eigenvalue weighted by atomic mass is 10.00. The van der Waals surface area contributed by atoms with Crippen LogP contribution in [0, 0.1) is 0 Å². The molecule has 1 aliphatic heterocycles. The van der Waals surface area contributed by atoms with Crippen molar-refractivity contribution in [3.05, 3.63) is 59.9 Å². The summed E-state index contributed by atoms with van der Waals surface area (Å²) in [7, 11) is 0. The van der Waals surface area contributed by atoms with Crippen molar-refractivity contribution in [3.63, 3.8) is 0 Å². The van der Waals surface area contributed by atoms with Gasteiger partial charge in [0.15, 0.2) is 11.5 Å². The average Bonchev–Trinajstić information content (AvgIpc) is 3.35. The summed E-state index contributed by atoms with van der Waals surface area (Å²) in [6, 6.07) is 6.15. The molecule has 130 valence electrons. The summed E-state index contributed by atoms with van der Waals surface area (Å²) in [4.78, 5) is 4.59. The molecule has 0 amide bonds. The molecule has 0 aliphatic carbocycles. The molecule has 0 saturated heterocycles. The van der Waals surface area contributed by atoms with E-state index in [-0.39, 0.29) is 0 Å². The van der Waals surface area contributed by atoms with E-state index in [1.807, 2.05) is 29.3 Å². The Morgan fingerprint density at radius 1 is 1.20 bits per heavy atom. The van der Waals surface area contributed by atoms with Crippen molar-refractivity contribution >= 4 is 0 Å². The third-order valence-corrected chi connectivity index (χ3v) is 4.53. The minimum Gasteiger partial charge on any atom is -0.454 e. The highest BCUT2D eigenvalue weighted by atomic mass is 16.7. The molecule has 3 heterocycles. The number of rotatable bonds is 6. The van der Waals surface area contributed by atoms with E-state index in [0.717, 1.165) is 36.8 Å². The molecule has 6 heteroatoms. The van der Waals surface area contributed by atoms with Crippen molar-refractivity contribution in [2.24, 2.45) is 0 Å². The summed E-state index contributed by atoms with van der Waals surface area (Å²) in [6.07, 6.45) is 8.83. The summed E-state index contributed by atoms with van der Waals surface area (Å²) in [5.74, 6) is 3.05. The van der Waals surface area contributed by atoms with Crippen LogP contribution >= 0.6 is 0 Å². The molecule has 2 aromatic heterocycles. The second-order valence-electron chi connectivity index (χ2n) is 6.41. The molecule has 0 fully saturated rings. The highest BCUT2D eigenvalue weighted by molar-refractivity contribution is 5.44. The maximum atomic E-state index is 5.47. The maximum Gasteiger partial charge on any atom is 0.231 e. The molecule has 0 spiro atoms. The van der Waals surface area contributed by atoms with Gasteiger partial charge in [-0.2, -0.15) is 5.10 Å². The quantitative estimate of drug-likeness (QED) is 0.692. The van der Waals surface area contributed by atoms with E-state index >= 15 is 0 Å². The minimum atomic E-state index is 0.302. The second-order valence-corrected chi connectivity index (χ2v) is 6.41. The number of fused-ring (bicyclic) bond motifs is 1. The zero-order valence-electron chi connectivity index (χ0n) is 14.6. The van der Waals surface area contributed by atoms with Gasteiger partial charge in [-0.1, -0.05) is 13.0 Å². The minimum absolute atomic E-state index is 0.302. The molecule has 0 saturated carbocycles. The summed E-state index contributed by atoms with van der Waals surface area (Å²) >= 11 is 0. The van der Waals surface area contributed by atoms with Crippen molar-refractivity contribution in [3.8, 4) is 11.5 Å². The lowest BCUT2D eigenvalue weighted by molar-refractivity contribution is 0.174. The molecule has 3 aromatic rings. The number of aromatic nitrogens is 4. The Morgan fingerprint density at radius 3 is 2.92 bits per heavy atom. The lowest BCUT2D eigenvalue weighted by Gasteiger charge is -2.14. The normalized spacial score (nSPS) is 14.0. The molecule has 1 aliphatic rings. The van der Waals surface area contributed by atoms with E-state index in [4.69, 9.17) is 9.47 Å². The van der Waals surface area contributed by atoms with E-state index in [1.165, 1.54) is 11.1 Å². The summed E-state index contributed by atoms with van der Waals surface area (Å²) in [6.45, 7) is 6.29. The Hall–Kier alpha value is -2.76. The van der Waals surface area contributed by atoms with E-state index in [9.17, 15) is 0 Å². The first-order valence-electron chi connectivity index (χ1n) is 8.64. The fourth-order valence-electron chi connectivity index (χ4n) is 3.26. The predicted octanol–water partition coefficient (Wildman–Crippen LogP) is 3.22. The Bertz CT molecular complexity index is 868. The van der Waals surface area contributed by atoms with Crippen LogP contribution in [0.25, 0.3) is 0 Å². The van der Waals surface area contributed by atoms with Crippen molar-refractivity contribution in [1.29, 1.82) is 0 Å². The largest absolute Gasteiger partial charge is 0.454 e. The van der Waals surface area contributed by atoms with Crippen LogP contribution in [-0.4, -0.2) is 26.1 Å². The molecule has 1 aromatic carbocycles. The first-order valence-corrected chi connectivity index (χ1v) is 8.64. The van der Waals surface area contributed by atoms with Gasteiger partial charge >= 0.3 is 0 Å². The SMILES string of the molecule is CCn1cc(Cn2ccnc2[C@@H](C)Cc2ccc3c(c2)OCO3)cn1. The van der Waals surface area contributed by atoms with E-state index < -0.39 is 0 Å². The van der Waals surface area contributed by atoms with Gasteiger partial charge in [-0.15, -0.1) is 0 Å². The average molecular weight is 338 g/mol. The zero-order chi connectivity index (χ0) is 17.2. The number of hydrogen-bond donors (Lipinski definition) is 0. The highest BCUT2D eigenvalue weighted by Crippen LogP contribution is 2.33. The number of imidazole rings is 1. The maximum absolute atomic E-state index is 5.47. The number of aryl methyl sites for hydroxylation is 1. The predicted molar refractivity (Wildman–Crippen MR) is 93.9 cm³/mol. The van der Waals surface area contributed by atoms with Gasteiger partial charge in [0.05, 0.1) is 12.7 Å². The van der Waals surface area contributed by atoms with Crippen molar-refractivity contribution in [2.75, 3.05) is 6.79 Å². The Kier molecular flexibility index (Phi) is 4.17. The van der Waals surface area contributed by atoms with Gasteiger partial charge in [0.1, 0.15) is 5.82 Å². The Morgan fingerprint density at radius 2 is 2.08 bits per heavy atom. The molecular weight excluding hydrogens is 316 g/mol. The monoisotopic (exact) mass is 338 g/mol. The third-order valence-electron chi connectivity index (χ3n) is 4.53. The fraction of sp³-hybridized carbons (Fsp3) is 0.368. The molecular formula is C19H22N4O2. The van der Waals surface area contributed by atoms with Crippen LogP contribution in [0.4, 0.5) is 0 Å². The van der Waals surface area contributed by atoms with Crippen LogP contribution in [0.15, 0.2) is 43.0 Å². The molecule has 0 bridgehead atoms. The topological polar surface area (TPSA) is 54.1 Å². The van der Waals surface area contributed by atoms with Gasteiger partial charge in [0.2, 0.25) is 6.79 Å². The van der Waals surface area contributed by atoms with Gasteiger partial charge in [0.25, 0.3) is 0 Å². The second kappa shape index (κ2) is 6.63. The Labute approximate surface area is 147 Å². The fourth-order valence-corrected chi connectivity index (χ4v) is 3.26. The van der Waals surface area contributed by atoms with Crippen LogP contribution in [0.3, 0.4) is 0 Å². The van der Waals surface area contributed by atoms with Crippen LogP contribution < -0.4 is 9.47 Å². The molecule has 0 N–H and O–H groups in total.